The van der Waals surface area contributed by atoms with Crippen LogP contribution in [0.25, 0.3) is 0 Å². The van der Waals surface area contributed by atoms with Gasteiger partial charge < -0.3 is 4.74 Å². The lowest BCUT2D eigenvalue weighted by molar-refractivity contribution is 0.299. The molecular formula is C12H17ClO. The molecule has 1 nitrogen and oxygen atoms in total. The lowest BCUT2D eigenvalue weighted by atomic mass is 10.0. The van der Waals surface area contributed by atoms with E-state index < -0.39 is 0 Å². The number of aryl methyl sites for hydroxylation is 1. The summed E-state index contributed by atoms with van der Waals surface area (Å²) in [5, 5.41) is 0. The van der Waals surface area contributed by atoms with E-state index in [4.69, 9.17) is 16.3 Å². The molecule has 14 heavy (non-hydrogen) atoms. The maximum absolute atomic E-state index is 5.79. The van der Waals surface area contributed by atoms with Gasteiger partial charge in [0, 0.05) is 0 Å². The van der Waals surface area contributed by atoms with Crippen LogP contribution >= 0.6 is 11.6 Å². The van der Waals surface area contributed by atoms with E-state index in [1.54, 1.807) is 0 Å². The average Bonchev–Trinajstić information content (AvgIpc) is 2.07. The first-order chi connectivity index (χ1) is 6.50. The molecule has 1 aromatic rings. The summed E-state index contributed by atoms with van der Waals surface area (Å²) in [6, 6.07) is 6.27. The zero-order valence-corrected chi connectivity index (χ0v) is 9.93. The van der Waals surface area contributed by atoms with E-state index in [0.717, 1.165) is 11.3 Å². The Morgan fingerprint density at radius 2 is 1.86 bits per heavy atom. The minimum atomic E-state index is -0.281. The quantitative estimate of drug-likeness (QED) is 0.686. The van der Waals surface area contributed by atoms with Crippen LogP contribution < -0.4 is 4.74 Å². The number of alkyl halides is 1. The second-order valence-corrected chi connectivity index (χ2v) is 4.46. The van der Waals surface area contributed by atoms with Gasteiger partial charge in [0.2, 0.25) is 0 Å². The number of ether oxygens (including phenoxy) is 1. The SMILES string of the molecule is Cc1ccc(C(C)C)cc1OC(C)Cl. The summed E-state index contributed by atoms with van der Waals surface area (Å²) in [5.41, 5.74) is 2.13. The molecular weight excluding hydrogens is 196 g/mol. The van der Waals surface area contributed by atoms with Crippen molar-refractivity contribution in [2.24, 2.45) is 0 Å². The van der Waals surface area contributed by atoms with Gasteiger partial charge in [0.1, 0.15) is 5.75 Å². The molecule has 2 heteroatoms. The van der Waals surface area contributed by atoms with Crippen LogP contribution in [0.15, 0.2) is 18.2 Å². The Balaban J connectivity index is 2.96. The summed E-state index contributed by atoms with van der Waals surface area (Å²) in [6.45, 7) is 8.18. The van der Waals surface area contributed by atoms with Crippen LogP contribution in [-0.4, -0.2) is 5.56 Å². The molecule has 78 valence electrons. The predicted molar refractivity (Wildman–Crippen MR) is 61.2 cm³/mol. The molecule has 1 unspecified atom stereocenters. The van der Waals surface area contributed by atoms with Gasteiger partial charge in [-0.1, -0.05) is 37.6 Å². The highest BCUT2D eigenvalue weighted by atomic mass is 35.5. The third kappa shape index (κ3) is 2.91. The number of halogens is 1. The number of hydrogen-bond acceptors (Lipinski definition) is 1. The molecule has 0 aromatic heterocycles. The molecule has 0 aliphatic heterocycles. The Morgan fingerprint density at radius 1 is 1.21 bits per heavy atom. The van der Waals surface area contributed by atoms with E-state index in [-0.39, 0.29) is 5.56 Å². The van der Waals surface area contributed by atoms with E-state index in [0.29, 0.717) is 5.92 Å². The van der Waals surface area contributed by atoms with Crippen LogP contribution in [0.5, 0.6) is 5.75 Å². The van der Waals surface area contributed by atoms with E-state index in [1.807, 2.05) is 13.8 Å². The van der Waals surface area contributed by atoms with Gasteiger partial charge in [-0.3, -0.25) is 0 Å². The summed E-state index contributed by atoms with van der Waals surface area (Å²) >= 11 is 5.79. The van der Waals surface area contributed by atoms with Gasteiger partial charge in [-0.15, -0.1) is 0 Å². The summed E-state index contributed by atoms with van der Waals surface area (Å²) < 4.78 is 5.50. The van der Waals surface area contributed by atoms with Gasteiger partial charge in [0.15, 0.2) is 5.56 Å². The smallest absolute Gasteiger partial charge is 0.169 e. The van der Waals surface area contributed by atoms with Crippen molar-refractivity contribution in [3.63, 3.8) is 0 Å². The Morgan fingerprint density at radius 3 is 2.36 bits per heavy atom. The standard InChI is InChI=1S/C12H17ClO/c1-8(2)11-6-5-9(3)12(7-11)14-10(4)13/h5-8,10H,1-4H3. The molecule has 1 atom stereocenters. The maximum Gasteiger partial charge on any atom is 0.169 e. The first kappa shape index (κ1) is 11.4. The number of hydrogen-bond donors (Lipinski definition) is 0. The molecule has 0 fully saturated rings. The highest BCUT2D eigenvalue weighted by molar-refractivity contribution is 6.19. The molecule has 0 saturated heterocycles. The highest BCUT2D eigenvalue weighted by Crippen LogP contribution is 2.25. The van der Waals surface area contributed by atoms with Crippen molar-refractivity contribution < 1.29 is 4.74 Å². The van der Waals surface area contributed by atoms with Gasteiger partial charge in [-0.25, -0.2) is 0 Å². The Bertz CT molecular complexity index is 305. The first-order valence-electron chi connectivity index (χ1n) is 4.92. The molecule has 0 amide bonds. The zero-order valence-electron chi connectivity index (χ0n) is 9.17. The fraction of sp³-hybridized carbons (Fsp3) is 0.500. The van der Waals surface area contributed by atoms with Gasteiger partial charge in [-0.05, 0) is 37.0 Å². The van der Waals surface area contributed by atoms with Crippen molar-refractivity contribution in [1.29, 1.82) is 0 Å². The van der Waals surface area contributed by atoms with Crippen molar-refractivity contribution in [2.75, 3.05) is 0 Å². The maximum atomic E-state index is 5.79. The van der Waals surface area contributed by atoms with Crippen LogP contribution in [0.3, 0.4) is 0 Å². The van der Waals surface area contributed by atoms with Crippen LogP contribution in [0.2, 0.25) is 0 Å². The lowest BCUT2D eigenvalue weighted by Gasteiger charge is -2.13. The molecule has 1 rings (SSSR count). The summed E-state index contributed by atoms with van der Waals surface area (Å²) in [7, 11) is 0. The molecule has 0 N–H and O–H groups in total. The number of rotatable bonds is 3. The van der Waals surface area contributed by atoms with Crippen LogP contribution in [-0.2, 0) is 0 Å². The Labute approximate surface area is 91.0 Å². The van der Waals surface area contributed by atoms with Gasteiger partial charge in [-0.2, -0.15) is 0 Å². The Hall–Kier alpha value is -0.690. The fourth-order valence-corrected chi connectivity index (χ4v) is 1.37. The third-order valence-corrected chi connectivity index (χ3v) is 2.26. The minimum Gasteiger partial charge on any atom is -0.475 e. The van der Waals surface area contributed by atoms with Gasteiger partial charge >= 0.3 is 0 Å². The van der Waals surface area contributed by atoms with Crippen molar-refractivity contribution in [2.45, 2.75) is 39.2 Å². The van der Waals surface area contributed by atoms with E-state index in [2.05, 4.69) is 32.0 Å². The molecule has 0 spiro atoms. The topological polar surface area (TPSA) is 9.23 Å². The summed E-state index contributed by atoms with van der Waals surface area (Å²) in [5.74, 6) is 1.40. The van der Waals surface area contributed by atoms with E-state index >= 15 is 0 Å². The molecule has 0 bridgehead atoms. The minimum absolute atomic E-state index is 0.281. The Kier molecular flexibility index (Phi) is 3.82. The second-order valence-electron chi connectivity index (χ2n) is 3.84. The van der Waals surface area contributed by atoms with Crippen molar-refractivity contribution in [3.05, 3.63) is 29.3 Å². The normalized spacial score (nSPS) is 13.0. The monoisotopic (exact) mass is 212 g/mol. The molecule has 0 aliphatic rings. The van der Waals surface area contributed by atoms with Gasteiger partial charge in [0.25, 0.3) is 0 Å². The average molecular weight is 213 g/mol. The molecule has 0 heterocycles. The number of benzene rings is 1. The van der Waals surface area contributed by atoms with Crippen molar-refractivity contribution in [3.8, 4) is 5.75 Å². The summed E-state index contributed by atoms with van der Waals surface area (Å²) in [6.07, 6.45) is 0. The van der Waals surface area contributed by atoms with Crippen LogP contribution in [0.1, 0.15) is 37.8 Å². The molecule has 1 aromatic carbocycles. The molecule has 0 saturated carbocycles. The van der Waals surface area contributed by atoms with Crippen molar-refractivity contribution in [1.82, 2.24) is 0 Å². The van der Waals surface area contributed by atoms with Crippen molar-refractivity contribution >= 4 is 11.6 Å². The lowest BCUT2D eigenvalue weighted by Crippen LogP contribution is -2.04. The predicted octanol–water partition coefficient (Wildman–Crippen LogP) is 4.08. The van der Waals surface area contributed by atoms with Gasteiger partial charge in [0.05, 0.1) is 0 Å². The second kappa shape index (κ2) is 4.70. The van der Waals surface area contributed by atoms with Crippen LogP contribution in [0, 0.1) is 6.92 Å². The summed E-state index contributed by atoms with van der Waals surface area (Å²) in [4.78, 5) is 0. The molecule has 0 radical (unpaired) electrons. The largest absolute Gasteiger partial charge is 0.475 e. The van der Waals surface area contributed by atoms with E-state index in [1.165, 1.54) is 5.56 Å². The fourth-order valence-electron chi connectivity index (χ4n) is 1.28. The first-order valence-corrected chi connectivity index (χ1v) is 5.35. The van der Waals surface area contributed by atoms with E-state index in [9.17, 15) is 0 Å². The molecule has 0 aliphatic carbocycles. The highest BCUT2D eigenvalue weighted by Gasteiger charge is 2.06. The third-order valence-electron chi connectivity index (χ3n) is 2.17. The van der Waals surface area contributed by atoms with Crippen LogP contribution in [0.4, 0.5) is 0 Å². The zero-order chi connectivity index (χ0) is 10.7.